The number of anilines is 2. The van der Waals surface area contributed by atoms with Crippen LogP contribution >= 0.6 is 0 Å². The molecule has 3 N–H and O–H groups in total. The predicted molar refractivity (Wildman–Crippen MR) is 83.5 cm³/mol. The Kier molecular flexibility index (Phi) is 3.66. The molecule has 3 rings (SSSR count). The van der Waals surface area contributed by atoms with Crippen molar-refractivity contribution in [1.29, 1.82) is 0 Å². The van der Waals surface area contributed by atoms with Gasteiger partial charge in [0.1, 0.15) is 12.0 Å². The Morgan fingerprint density at radius 2 is 1.86 bits per heavy atom. The van der Waals surface area contributed by atoms with Gasteiger partial charge < -0.3 is 10.1 Å². The number of nitrogens with zero attached hydrogens (tertiary/aromatic N) is 2. The zero-order valence-electron chi connectivity index (χ0n) is 11.7. The van der Waals surface area contributed by atoms with Crippen LogP contribution in [0.25, 0.3) is 10.9 Å². The van der Waals surface area contributed by atoms with Gasteiger partial charge in [0.05, 0.1) is 11.2 Å². The number of hydrogen-bond donors (Lipinski definition) is 2. The lowest BCUT2D eigenvalue weighted by Crippen LogP contribution is -2.22. The molecule has 0 aliphatic carbocycles. The number of nitrogens with one attached hydrogen (secondary N) is 1. The van der Waals surface area contributed by atoms with Gasteiger partial charge in [-0.25, -0.2) is 9.97 Å². The lowest BCUT2D eigenvalue weighted by atomic mass is 10.2. The molecule has 0 radical (unpaired) electrons. The van der Waals surface area contributed by atoms with Gasteiger partial charge in [0.2, 0.25) is 5.95 Å². The molecule has 0 saturated heterocycles. The van der Waals surface area contributed by atoms with Crippen LogP contribution in [0.1, 0.15) is 6.92 Å². The van der Waals surface area contributed by atoms with Gasteiger partial charge in [-0.15, -0.1) is 0 Å². The van der Waals surface area contributed by atoms with Gasteiger partial charge in [-0.2, -0.15) is 0 Å². The van der Waals surface area contributed by atoms with Crippen molar-refractivity contribution < 1.29 is 4.74 Å². The molecule has 0 bridgehead atoms. The zero-order chi connectivity index (χ0) is 14.7. The summed E-state index contributed by atoms with van der Waals surface area (Å²) in [4.78, 5) is 8.80. The van der Waals surface area contributed by atoms with Crippen LogP contribution in [-0.2, 0) is 0 Å². The van der Waals surface area contributed by atoms with E-state index >= 15 is 0 Å². The minimum Gasteiger partial charge on any atom is -0.474 e. The van der Waals surface area contributed by atoms with E-state index in [-0.39, 0.29) is 6.23 Å². The molecule has 1 unspecified atom stereocenters. The molecule has 2 aromatic carbocycles. The monoisotopic (exact) mass is 280 g/mol. The van der Waals surface area contributed by atoms with E-state index in [4.69, 9.17) is 10.5 Å². The highest BCUT2D eigenvalue weighted by Gasteiger charge is 2.07. The van der Waals surface area contributed by atoms with Crippen LogP contribution in [0.3, 0.4) is 0 Å². The van der Waals surface area contributed by atoms with Gasteiger partial charge in [0.25, 0.3) is 0 Å². The molecule has 0 spiro atoms. The fourth-order valence-electron chi connectivity index (χ4n) is 2.03. The average Bonchev–Trinajstić information content (AvgIpc) is 2.49. The fraction of sp³-hybridized carbons (Fsp3) is 0.125. The lowest BCUT2D eigenvalue weighted by Gasteiger charge is -2.14. The van der Waals surface area contributed by atoms with Gasteiger partial charge in [0, 0.05) is 11.6 Å². The normalized spacial score (nSPS) is 12.1. The van der Waals surface area contributed by atoms with Crippen molar-refractivity contribution >= 4 is 22.5 Å². The first kappa shape index (κ1) is 13.3. The third kappa shape index (κ3) is 3.09. The van der Waals surface area contributed by atoms with Crippen molar-refractivity contribution in [2.75, 3.05) is 5.32 Å². The van der Waals surface area contributed by atoms with Gasteiger partial charge in [-0.05, 0) is 25.1 Å². The minimum atomic E-state index is -0.384. The lowest BCUT2D eigenvalue weighted by molar-refractivity contribution is 0.231. The van der Waals surface area contributed by atoms with Crippen LogP contribution in [-0.4, -0.2) is 16.2 Å². The highest BCUT2D eigenvalue weighted by Crippen LogP contribution is 2.27. The van der Waals surface area contributed by atoms with E-state index < -0.39 is 0 Å². The van der Waals surface area contributed by atoms with Crippen LogP contribution in [0.2, 0.25) is 0 Å². The van der Waals surface area contributed by atoms with Crippen LogP contribution < -0.4 is 15.8 Å². The Hall–Kier alpha value is -2.66. The second-order valence-corrected chi connectivity index (χ2v) is 4.70. The van der Waals surface area contributed by atoms with Crippen LogP contribution in [0.5, 0.6) is 5.75 Å². The molecule has 106 valence electrons. The number of benzene rings is 2. The standard InChI is InChI=1S/C16H16N4O/c1-11(17)21-15-9-5-4-8-14(15)20-16-18-10-12-6-2-3-7-13(12)19-16/h2-11H,17H2,1H3,(H,18,19,20). The van der Waals surface area contributed by atoms with E-state index in [1.54, 1.807) is 13.1 Å². The highest BCUT2D eigenvalue weighted by atomic mass is 16.5. The van der Waals surface area contributed by atoms with Crippen molar-refractivity contribution in [3.05, 3.63) is 54.7 Å². The SMILES string of the molecule is CC(N)Oc1ccccc1Nc1ncc2ccccc2n1. The summed E-state index contributed by atoms with van der Waals surface area (Å²) in [5.74, 6) is 1.19. The van der Waals surface area contributed by atoms with E-state index in [2.05, 4.69) is 15.3 Å². The van der Waals surface area contributed by atoms with Crippen molar-refractivity contribution in [2.24, 2.45) is 5.73 Å². The molecule has 0 fully saturated rings. The second kappa shape index (κ2) is 5.76. The summed E-state index contributed by atoms with van der Waals surface area (Å²) in [5, 5.41) is 4.17. The first-order valence-corrected chi connectivity index (χ1v) is 6.72. The number of fused-ring (bicyclic) bond motifs is 1. The predicted octanol–water partition coefficient (Wildman–Crippen LogP) is 3.06. The molecule has 5 nitrogen and oxygen atoms in total. The summed E-state index contributed by atoms with van der Waals surface area (Å²) >= 11 is 0. The Morgan fingerprint density at radius 1 is 1.10 bits per heavy atom. The summed E-state index contributed by atoms with van der Waals surface area (Å²) in [6.07, 6.45) is 1.41. The van der Waals surface area contributed by atoms with Crippen molar-refractivity contribution in [2.45, 2.75) is 13.2 Å². The number of hydrogen-bond acceptors (Lipinski definition) is 5. The fourth-order valence-corrected chi connectivity index (χ4v) is 2.03. The third-order valence-corrected chi connectivity index (χ3v) is 2.94. The topological polar surface area (TPSA) is 73.1 Å². The van der Waals surface area contributed by atoms with Gasteiger partial charge in [-0.1, -0.05) is 30.3 Å². The summed E-state index contributed by atoms with van der Waals surface area (Å²) in [6.45, 7) is 1.78. The first-order chi connectivity index (χ1) is 10.2. The van der Waals surface area contributed by atoms with Gasteiger partial charge in [-0.3, -0.25) is 5.73 Å². The molecule has 0 aliphatic heterocycles. The van der Waals surface area contributed by atoms with Crippen molar-refractivity contribution in [3.8, 4) is 5.75 Å². The molecule has 0 amide bonds. The molecule has 0 aliphatic rings. The molecule has 3 aromatic rings. The van der Waals surface area contributed by atoms with E-state index in [0.29, 0.717) is 11.7 Å². The highest BCUT2D eigenvalue weighted by molar-refractivity contribution is 5.79. The molecule has 1 heterocycles. The van der Waals surface area contributed by atoms with Crippen LogP contribution in [0.15, 0.2) is 54.7 Å². The number of rotatable bonds is 4. The van der Waals surface area contributed by atoms with Crippen LogP contribution in [0, 0.1) is 0 Å². The van der Waals surface area contributed by atoms with Crippen LogP contribution in [0.4, 0.5) is 11.6 Å². The Bertz CT molecular complexity index is 758. The quantitative estimate of drug-likeness (QED) is 0.718. The van der Waals surface area contributed by atoms with E-state index in [9.17, 15) is 0 Å². The van der Waals surface area contributed by atoms with Gasteiger partial charge in [0.15, 0.2) is 0 Å². The Labute approximate surface area is 122 Å². The minimum absolute atomic E-state index is 0.384. The van der Waals surface area contributed by atoms with E-state index in [1.165, 1.54) is 0 Å². The van der Waals surface area contributed by atoms with Crippen molar-refractivity contribution in [3.63, 3.8) is 0 Å². The van der Waals surface area contributed by atoms with Crippen molar-refractivity contribution in [1.82, 2.24) is 9.97 Å². The van der Waals surface area contributed by atoms with E-state index in [1.807, 2.05) is 48.5 Å². The molecular weight excluding hydrogens is 264 g/mol. The molecule has 1 atom stereocenters. The molecular formula is C16H16N4O. The number of nitrogens with two attached hydrogens (primary N) is 1. The maximum absolute atomic E-state index is 5.68. The largest absolute Gasteiger partial charge is 0.474 e. The molecule has 21 heavy (non-hydrogen) atoms. The zero-order valence-corrected chi connectivity index (χ0v) is 11.7. The van der Waals surface area contributed by atoms with E-state index in [0.717, 1.165) is 16.6 Å². The maximum atomic E-state index is 5.68. The summed E-state index contributed by atoms with van der Waals surface area (Å²) < 4.78 is 5.56. The molecule has 1 aromatic heterocycles. The third-order valence-electron chi connectivity index (χ3n) is 2.94. The molecule has 0 saturated carbocycles. The Morgan fingerprint density at radius 3 is 2.71 bits per heavy atom. The average molecular weight is 280 g/mol. The maximum Gasteiger partial charge on any atom is 0.227 e. The summed E-state index contributed by atoms with van der Waals surface area (Å²) in [6, 6.07) is 15.4. The number of aromatic nitrogens is 2. The number of para-hydroxylation sites is 3. The smallest absolute Gasteiger partial charge is 0.227 e. The second-order valence-electron chi connectivity index (χ2n) is 4.70. The summed E-state index contributed by atoms with van der Waals surface area (Å²) in [7, 11) is 0. The summed E-state index contributed by atoms with van der Waals surface area (Å²) in [5.41, 5.74) is 7.35. The molecule has 5 heteroatoms. The Balaban J connectivity index is 1.91. The number of ether oxygens (including phenoxy) is 1. The van der Waals surface area contributed by atoms with Gasteiger partial charge >= 0.3 is 0 Å². The first-order valence-electron chi connectivity index (χ1n) is 6.72.